The van der Waals surface area contributed by atoms with Gasteiger partial charge in [0.25, 0.3) is 0 Å². The van der Waals surface area contributed by atoms with Crippen LogP contribution in [0.15, 0.2) is 24.3 Å². The van der Waals surface area contributed by atoms with Crippen LogP contribution >= 0.6 is 0 Å². The Hall–Kier alpha value is -1.06. The molecule has 17 heavy (non-hydrogen) atoms. The molecule has 1 N–H and O–H groups in total. The lowest BCUT2D eigenvalue weighted by Gasteiger charge is -2.43. The molecule has 0 unspecified atom stereocenters. The van der Waals surface area contributed by atoms with Gasteiger partial charge in [0.15, 0.2) is 0 Å². The van der Waals surface area contributed by atoms with Gasteiger partial charge in [-0.05, 0) is 43.0 Å². The van der Waals surface area contributed by atoms with Gasteiger partial charge in [0.05, 0.1) is 25.9 Å². The van der Waals surface area contributed by atoms with E-state index in [1.807, 2.05) is 12.1 Å². The van der Waals surface area contributed by atoms with Crippen LogP contribution in [0.1, 0.15) is 18.4 Å². The molecule has 0 amide bonds. The van der Waals surface area contributed by atoms with Crippen LogP contribution in [0.5, 0.6) is 5.75 Å². The van der Waals surface area contributed by atoms with E-state index in [9.17, 15) is 0 Å². The second-order valence-corrected chi connectivity index (χ2v) is 5.13. The molecule has 3 nitrogen and oxygen atoms in total. The largest absolute Gasteiger partial charge is 0.497 e. The monoisotopic (exact) mass is 233 g/mol. The second-order valence-electron chi connectivity index (χ2n) is 5.13. The summed E-state index contributed by atoms with van der Waals surface area (Å²) in [6.45, 7) is 2.69. The van der Waals surface area contributed by atoms with Crippen molar-refractivity contribution in [1.29, 1.82) is 0 Å². The van der Waals surface area contributed by atoms with Crippen molar-refractivity contribution in [3.8, 4) is 5.75 Å². The van der Waals surface area contributed by atoms with Crippen molar-refractivity contribution in [3.63, 3.8) is 0 Å². The summed E-state index contributed by atoms with van der Waals surface area (Å²) in [7, 11) is 1.70. The average molecular weight is 233 g/mol. The van der Waals surface area contributed by atoms with Crippen molar-refractivity contribution in [3.05, 3.63) is 29.8 Å². The molecule has 1 saturated carbocycles. The fourth-order valence-electron chi connectivity index (χ4n) is 2.25. The number of rotatable bonds is 5. The van der Waals surface area contributed by atoms with Crippen molar-refractivity contribution in [1.82, 2.24) is 5.32 Å². The van der Waals surface area contributed by atoms with Gasteiger partial charge in [-0.25, -0.2) is 0 Å². The zero-order valence-electron chi connectivity index (χ0n) is 10.2. The molecular weight excluding hydrogens is 214 g/mol. The summed E-state index contributed by atoms with van der Waals surface area (Å²) in [4.78, 5) is 0. The summed E-state index contributed by atoms with van der Waals surface area (Å²) < 4.78 is 10.6. The maximum Gasteiger partial charge on any atom is 0.118 e. The van der Waals surface area contributed by atoms with Crippen LogP contribution in [0.3, 0.4) is 0 Å². The van der Waals surface area contributed by atoms with Crippen LogP contribution in [-0.4, -0.2) is 26.9 Å². The highest BCUT2D eigenvalue weighted by atomic mass is 16.5. The standard InChI is InChI=1S/C14H19NO2/c1-16-13-6-4-12(5-7-13)14(9-17-10-14)15-8-11-2-3-11/h4-7,11,15H,2-3,8-10H2,1H3. The Balaban J connectivity index is 1.72. The number of hydrogen-bond acceptors (Lipinski definition) is 3. The first kappa shape index (κ1) is 11.1. The van der Waals surface area contributed by atoms with E-state index in [-0.39, 0.29) is 5.54 Å². The summed E-state index contributed by atoms with van der Waals surface area (Å²) in [5.41, 5.74) is 1.36. The Morgan fingerprint density at radius 3 is 2.47 bits per heavy atom. The summed E-state index contributed by atoms with van der Waals surface area (Å²) in [6, 6.07) is 8.32. The van der Waals surface area contributed by atoms with Crippen LogP contribution in [-0.2, 0) is 10.3 Å². The molecular formula is C14H19NO2. The van der Waals surface area contributed by atoms with E-state index in [2.05, 4.69) is 17.4 Å². The van der Waals surface area contributed by atoms with Gasteiger partial charge in [-0.3, -0.25) is 0 Å². The van der Waals surface area contributed by atoms with Crippen molar-refractivity contribution >= 4 is 0 Å². The Bertz CT molecular complexity index is 380. The molecule has 2 aliphatic rings. The number of ether oxygens (including phenoxy) is 2. The third-order valence-corrected chi connectivity index (χ3v) is 3.77. The SMILES string of the molecule is COc1ccc(C2(NCC3CC3)COC2)cc1. The predicted molar refractivity (Wildman–Crippen MR) is 66.2 cm³/mol. The first-order chi connectivity index (χ1) is 8.32. The number of nitrogens with one attached hydrogen (secondary N) is 1. The molecule has 2 fully saturated rings. The van der Waals surface area contributed by atoms with Crippen LogP contribution in [0.4, 0.5) is 0 Å². The van der Waals surface area contributed by atoms with E-state index in [1.165, 1.54) is 18.4 Å². The minimum Gasteiger partial charge on any atom is -0.497 e. The highest BCUT2D eigenvalue weighted by Gasteiger charge is 2.41. The molecule has 0 atom stereocenters. The summed E-state index contributed by atoms with van der Waals surface area (Å²) in [5.74, 6) is 1.80. The molecule has 3 rings (SSSR count). The minimum absolute atomic E-state index is 0.0505. The highest BCUT2D eigenvalue weighted by molar-refractivity contribution is 5.33. The summed E-state index contributed by atoms with van der Waals surface area (Å²) in [5, 5.41) is 3.68. The first-order valence-corrected chi connectivity index (χ1v) is 6.30. The van der Waals surface area contributed by atoms with E-state index in [4.69, 9.17) is 9.47 Å². The molecule has 92 valence electrons. The quantitative estimate of drug-likeness (QED) is 0.843. The molecule has 1 aliphatic heterocycles. The van der Waals surface area contributed by atoms with Crippen LogP contribution in [0.2, 0.25) is 0 Å². The molecule has 0 radical (unpaired) electrons. The van der Waals surface area contributed by atoms with Gasteiger partial charge in [0.1, 0.15) is 5.75 Å². The number of benzene rings is 1. The molecule has 1 aromatic carbocycles. The van der Waals surface area contributed by atoms with Crippen molar-refractivity contribution in [2.75, 3.05) is 26.9 Å². The molecule has 1 aromatic rings. The van der Waals surface area contributed by atoms with Gasteiger partial charge in [-0.1, -0.05) is 12.1 Å². The lowest BCUT2D eigenvalue weighted by Crippen LogP contribution is -2.58. The fourth-order valence-corrected chi connectivity index (χ4v) is 2.25. The molecule has 3 heteroatoms. The van der Waals surface area contributed by atoms with Gasteiger partial charge >= 0.3 is 0 Å². The van der Waals surface area contributed by atoms with E-state index in [0.717, 1.165) is 31.4 Å². The molecule has 1 heterocycles. The van der Waals surface area contributed by atoms with Gasteiger partial charge in [0, 0.05) is 0 Å². The van der Waals surface area contributed by atoms with Crippen molar-refractivity contribution in [2.24, 2.45) is 5.92 Å². The lowest BCUT2D eigenvalue weighted by atomic mass is 9.87. The zero-order valence-corrected chi connectivity index (χ0v) is 10.2. The second kappa shape index (κ2) is 4.31. The molecule has 1 saturated heterocycles. The Kier molecular flexibility index (Phi) is 2.81. The van der Waals surface area contributed by atoms with Crippen LogP contribution in [0.25, 0.3) is 0 Å². The molecule has 0 spiro atoms. The van der Waals surface area contributed by atoms with E-state index in [1.54, 1.807) is 7.11 Å². The van der Waals surface area contributed by atoms with E-state index in [0.29, 0.717) is 0 Å². The summed E-state index contributed by atoms with van der Waals surface area (Å²) in [6.07, 6.45) is 2.76. The first-order valence-electron chi connectivity index (χ1n) is 6.30. The fraction of sp³-hybridized carbons (Fsp3) is 0.571. The predicted octanol–water partition coefficient (Wildman–Crippen LogP) is 1.92. The maximum atomic E-state index is 5.41. The average Bonchev–Trinajstić information content (AvgIpc) is 3.12. The third-order valence-electron chi connectivity index (χ3n) is 3.77. The van der Waals surface area contributed by atoms with Crippen LogP contribution in [0, 0.1) is 5.92 Å². The maximum absolute atomic E-state index is 5.41. The molecule has 0 bridgehead atoms. The smallest absolute Gasteiger partial charge is 0.118 e. The van der Waals surface area contributed by atoms with Gasteiger partial charge in [-0.2, -0.15) is 0 Å². The van der Waals surface area contributed by atoms with Gasteiger partial charge < -0.3 is 14.8 Å². The zero-order chi connectivity index (χ0) is 11.7. The van der Waals surface area contributed by atoms with Crippen molar-refractivity contribution in [2.45, 2.75) is 18.4 Å². The van der Waals surface area contributed by atoms with E-state index >= 15 is 0 Å². The normalized spacial score (nSPS) is 21.9. The third kappa shape index (κ3) is 2.17. The lowest BCUT2D eigenvalue weighted by molar-refractivity contribution is -0.0789. The van der Waals surface area contributed by atoms with Gasteiger partial charge in [-0.15, -0.1) is 0 Å². The highest BCUT2D eigenvalue weighted by Crippen LogP contribution is 2.34. The number of methoxy groups -OCH3 is 1. The van der Waals surface area contributed by atoms with Crippen molar-refractivity contribution < 1.29 is 9.47 Å². The van der Waals surface area contributed by atoms with E-state index < -0.39 is 0 Å². The summed E-state index contributed by atoms with van der Waals surface area (Å²) >= 11 is 0. The molecule has 0 aromatic heterocycles. The number of hydrogen-bond donors (Lipinski definition) is 1. The molecule has 1 aliphatic carbocycles. The minimum atomic E-state index is 0.0505. The Morgan fingerprint density at radius 2 is 2.00 bits per heavy atom. The Labute approximate surface area is 102 Å². The Morgan fingerprint density at radius 1 is 1.29 bits per heavy atom. The topological polar surface area (TPSA) is 30.5 Å². The van der Waals surface area contributed by atoms with Gasteiger partial charge in [0.2, 0.25) is 0 Å². The van der Waals surface area contributed by atoms with Crippen LogP contribution < -0.4 is 10.1 Å².